The Bertz CT molecular complexity index is 860. The van der Waals surface area contributed by atoms with E-state index in [9.17, 15) is 13.2 Å². The number of carbonyl (C=O) groups is 1. The molecule has 1 aliphatic rings. The molecule has 7 nitrogen and oxygen atoms in total. The molecule has 0 saturated carbocycles. The summed E-state index contributed by atoms with van der Waals surface area (Å²) >= 11 is 0. The normalized spacial score (nSPS) is 19.6. The standard InChI is InChI=1S/C18H21N3O4S.ClH/c1-13-17(19-11-12-25-13)18(22)20-14-7-9-16(10-8-14)26(23,24)21-15-5-3-2-4-6-15;/h2-10,13,17,19,21H,11-12H2,1H3,(H,20,22);1H/t13-,17+;/m1./s1. The SMILES string of the molecule is C[C@H]1OCCN[C@@H]1C(=O)Nc1ccc(S(=O)(=O)Nc2ccccc2)cc1.Cl. The highest BCUT2D eigenvalue weighted by Gasteiger charge is 2.28. The Balaban J connectivity index is 0.00000261. The number of carbonyl (C=O) groups excluding carboxylic acids is 1. The highest BCUT2D eigenvalue weighted by molar-refractivity contribution is 7.92. The van der Waals surface area contributed by atoms with Gasteiger partial charge in [0, 0.05) is 17.9 Å². The maximum absolute atomic E-state index is 12.4. The summed E-state index contributed by atoms with van der Waals surface area (Å²) < 4.78 is 32.8. The van der Waals surface area contributed by atoms with Crippen LogP contribution in [0.1, 0.15) is 6.92 Å². The molecule has 0 unspecified atom stereocenters. The number of ether oxygens (including phenoxy) is 1. The van der Waals surface area contributed by atoms with E-state index >= 15 is 0 Å². The monoisotopic (exact) mass is 411 g/mol. The van der Waals surface area contributed by atoms with Crippen LogP contribution in [0, 0.1) is 0 Å². The van der Waals surface area contributed by atoms with Crippen LogP contribution in [-0.4, -0.2) is 39.6 Å². The maximum atomic E-state index is 12.4. The smallest absolute Gasteiger partial charge is 0.261 e. The Kier molecular flexibility index (Phi) is 7.20. The molecule has 2 aromatic rings. The van der Waals surface area contributed by atoms with Crippen molar-refractivity contribution in [1.82, 2.24) is 5.32 Å². The van der Waals surface area contributed by atoms with Crippen LogP contribution in [0.4, 0.5) is 11.4 Å². The van der Waals surface area contributed by atoms with Crippen molar-refractivity contribution >= 4 is 39.7 Å². The highest BCUT2D eigenvalue weighted by Crippen LogP contribution is 2.18. The number of anilines is 2. The summed E-state index contributed by atoms with van der Waals surface area (Å²) in [4.78, 5) is 12.4. The molecule has 2 atom stereocenters. The van der Waals surface area contributed by atoms with E-state index in [0.29, 0.717) is 24.5 Å². The van der Waals surface area contributed by atoms with Gasteiger partial charge >= 0.3 is 0 Å². The van der Waals surface area contributed by atoms with Gasteiger partial charge in [0.25, 0.3) is 10.0 Å². The lowest BCUT2D eigenvalue weighted by Gasteiger charge is -2.29. The van der Waals surface area contributed by atoms with Crippen molar-refractivity contribution in [3.8, 4) is 0 Å². The van der Waals surface area contributed by atoms with E-state index in [4.69, 9.17) is 4.74 Å². The molecule has 0 spiro atoms. The first kappa shape index (κ1) is 21.2. The average Bonchev–Trinajstić information content (AvgIpc) is 2.63. The number of para-hydroxylation sites is 1. The second-order valence-electron chi connectivity index (χ2n) is 5.99. The molecule has 0 aliphatic carbocycles. The number of hydrogen-bond donors (Lipinski definition) is 3. The predicted molar refractivity (Wildman–Crippen MR) is 107 cm³/mol. The molecule has 1 fully saturated rings. The Hall–Kier alpha value is -2.13. The molecule has 0 radical (unpaired) electrons. The fourth-order valence-corrected chi connectivity index (χ4v) is 3.74. The summed E-state index contributed by atoms with van der Waals surface area (Å²) in [5.74, 6) is -0.213. The fourth-order valence-electron chi connectivity index (χ4n) is 2.69. The first-order valence-corrected chi connectivity index (χ1v) is 9.78. The van der Waals surface area contributed by atoms with Gasteiger partial charge in [0.1, 0.15) is 6.04 Å². The van der Waals surface area contributed by atoms with Crippen molar-refractivity contribution in [2.75, 3.05) is 23.2 Å². The molecule has 146 valence electrons. The number of morpholine rings is 1. The molecule has 27 heavy (non-hydrogen) atoms. The number of halogens is 1. The lowest BCUT2D eigenvalue weighted by Crippen LogP contribution is -2.53. The molecule has 0 aromatic heterocycles. The highest BCUT2D eigenvalue weighted by atomic mass is 35.5. The zero-order valence-electron chi connectivity index (χ0n) is 14.7. The van der Waals surface area contributed by atoms with Crippen LogP contribution >= 0.6 is 12.4 Å². The minimum atomic E-state index is -3.68. The van der Waals surface area contributed by atoms with Gasteiger partial charge in [-0.25, -0.2) is 8.42 Å². The number of hydrogen-bond acceptors (Lipinski definition) is 5. The van der Waals surface area contributed by atoms with E-state index < -0.39 is 16.1 Å². The summed E-state index contributed by atoms with van der Waals surface area (Å²) in [6.07, 6.45) is -0.224. The molecule has 2 aromatic carbocycles. The van der Waals surface area contributed by atoms with E-state index in [1.54, 1.807) is 36.4 Å². The summed E-state index contributed by atoms with van der Waals surface area (Å²) in [7, 11) is -3.68. The van der Waals surface area contributed by atoms with Crippen LogP contribution in [0.3, 0.4) is 0 Å². The maximum Gasteiger partial charge on any atom is 0.261 e. The topological polar surface area (TPSA) is 96.5 Å². The van der Waals surface area contributed by atoms with Crippen LogP contribution in [0.2, 0.25) is 0 Å². The van der Waals surface area contributed by atoms with E-state index in [-0.39, 0.29) is 29.3 Å². The quantitative estimate of drug-likeness (QED) is 0.701. The Morgan fingerprint density at radius 1 is 1.07 bits per heavy atom. The van der Waals surface area contributed by atoms with E-state index in [2.05, 4.69) is 15.4 Å². The first-order valence-electron chi connectivity index (χ1n) is 8.29. The zero-order chi connectivity index (χ0) is 18.6. The molecular weight excluding hydrogens is 390 g/mol. The van der Waals surface area contributed by atoms with Gasteiger partial charge in [-0.1, -0.05) is 18.2 Å². The Morgan fingerprint density at radius 3 is 2.37 bits per heavy atom. The number of sulfonamides is 1. The van der Waals surface area contributed by atoms with Crippen LogP contribution in [0.15, 0.2) is 59.5 Å². The third kappa shape index (κ3) is 5.43. The van der Waals surface area contributed by atoms with E-state index in [1.807, 2.05) is 13.0 Å². The molecule has 1 saturated heterocycles. The van der Waals surface area contributed by atoms with Gasteiger partial charge < -0.3 is 15.4 Å². The van der Waals surface area contributed by atoms with Crippen molar-refractivity contribution in [3.63, 3.8) is 0 Å². The largest absolute Gasteiger partial charge is 0.375 e. The minimum absolute atomic E-state index is 0. The van der Waals surface area contributed by atoms with Crippen molar-refractivity contribution in [1.29, 1.82) is 0 Å². The van der Waals surface area contributed by atoms with Gasteiger partial charge in [0.15, 0.2) is 0 Å². The summed E-state index contributed by atoms with van der Waals surface area (Å²) in [6.45, 7) is 3.03. The van der Waals surface area contributed by atoms with Gasteiger partial charge in [-0.2, -0.15) is 0 Å². The van der Waals surface area contributed by atoms with Crippen LogP contribution < -0.4 is 15.4 Å². The molecule has 9 heteroatoms. The minimum Gasteiger partial charge on any atom is -0.375 e. The molecule has 1 amide bonds. The molecular formula is C18H22ClN3O4S. The number of nitrogens with one attached hydrogen (secondary N) is 3. The molecule has 0 bridgehead atoms. The number of rotatable bonds is 5. The van der Waals surface area contributed by atoms with Crippen LogP contribution in [0.25, 0.3) is 0 Å². The first-order chi connectivity index (χ1) is 12.5. The van der Waals surface area contributed by atoms with E-state index in [1.165, 1.54) is 12.1 Å². The molecule has 1 aliphatic heterocycles. The Labute approximate surface area is 165 Å². The molecule has 3 N–H and O–H groups in total. The average molecular weight is 412 g/mol. The lowest BCUT2D eigenvalue weighted by molar-refractivity contribution is -0.123. The third-order valence-corrected chi connectivity index (χ3v) is 5.45. The summed E-state index contributed by atoms with van der Waals surface area (Å²) in [6, 6.07) is 14.2. The Morgan fingerprint density at radius 2 is 1.74 bits per heavy atom. The van der Waals surface area contributed by atoms with Crippen molar-refractivity contribution < 1.29 is 17.9 Å². The fraction of sp³-hybridized carbons (Fsp3) is 0.278. The van der Waals surface area contributed by atoms with Gasteiger partial charge in [0.05, 0.1) is 17.6 Å². The van der Waals surface area contributed by atoms with E-state index in [0.717, 1.165) is 0 Å². The zero-order valence-corrected chi connectivity index (χ0v) is 16.3. The third-order valence-electron chi connectivity index (χ3n) is 4.06. The summed E-state index contributed by atoms with van der Waals surface area (Å²) in [5.41, 5.74) is 1.01. The number of amides is 1. The van der Waals surface area contributed by atoms with Crippen molar-refractivity contribution in [2.24, 2.45) is 0 Å². The predicted octanol–water partition coefficient (Wildman–Crippen LogP) is 2.22. The molecule has 3 rings (SSSR count). The van der Waals surface area contributed by atoms with Crippen LogP contribution in [-0.2, 0) is 19.6 Å². The van der Waals surface area contributed by atoms with Crippen molar-refractivity contribution in [3.05, 3.63) is 54.6 Å². The van der Waals surface area contributed by atoms with Crippen LogP contribution in [0.5, 0.6) is 0 Å². The van der Waals surface area contributed by atoms with Gasteiger partial charge in [-0.3, -0.25) is 9.52 Å². The summed E-state index contributed by atoms with van der Waals surface area (Å²) in [5, 5.41) is 5.88. The van der Waals surface area contributed by atoms with Gasteiger partial charge in [0.2, 0.25) is 5.91 Å². The van der Waals surface area contributed by atoms with Gasteiger partial charge in [-0.15, -0.1) is 12.4 Å². The second-order valence-corrected chi connectivity index (χ2v) is 7.68. The van der Waals surface area contributed by atoms with Crippen molar-refractivity contribution in [2.45, 2.75) is 24.0 Å². The molecule has 1 heterocycles. The number of benzene rings is 2. The van der Waals surface area contributed by atoms with Gasteiger partial charge in [-0.05, 0) is 43.3 Å². The second kappa shape index (κ2) is 9.18. The lowest BCUT2D eigenvalue weighted by atomic mass is 10.1.